The second-order valence-corrected chi connectivity index (χ2v) is 3.25. The maximum Gasteiger partial charge on any atom is 0.142 e. The first-order valence-corrected chi connectivity index (χ1v) is 5.05. The highest BCUT2D eigenvalue weighted by Gasteiger charge is 1.89. The maximum atomic E-state index is 5.15. The highest BCUT2D eigenvalue weighted by atomic mass is 16.6. The van der Waals surface area contributed by atoms with Gasteiger partial charge < -0.3 is 4.84 Å². The van der Waals surface area contributed by atoms with Crippen LogP contribution in [0, 0.1) is 0 Å². The third kappa shape index (κ3) is 3.20. The molecule has 16 heavy (non-hydrogen) atoms. The van der Waals surface area contributed by atoms with Crippen molar-refractivity contribution in [2.24, 2.45) is 5.16 Å². The summed E-state index contributed by atoms with van der Waals surface area (Å²) < 4.78 is 0. The smallest absolute Gasteiger partial charge is 0.142 e. The monoisotopic (exact) mass is 212 g/mol. The summed E-state index contributed by atoms with van der Waals surface area (Å²) in [5.41, 5.74) is 1.89. The van der Waals surface area contributed by atoms with Crippen LogP contribution in [-0.2, 0) is 11.4 Å². The lowest BCUT2D eigenvalue weighted by Crippen LogP contribution is -1.89. The standard InChI is InChI=1S/C13H12N2O/c1-2-6-12(7-3-1)11-16-15-10-13-8-4-5-9-14-13/h1-10H,11H2/b15-10-. The molecule has 2 aromatic rings. The fourth-order valence-corrected chi connectivity index (χ4v) is 1.23. The van der Waals surface area contributed by atoms with Crippen LogP contribution >= 0.6 is 0 Å². The highest BCUT2D eigenvalue weighted by molar-refractivity contribution is 5.76. The van der Waals surface area contributed by atoms with Crippen LogP contribution in [0.5, 0.6) is 0 Å². The van der Waals surface area contributed by atoms with E-state index in [9.17, 15) is 0 Å². The van der Waals surface area contributed by atoms with Crippen molar-refractivity contribution in [2.45, 2.75) is 6.61 Å². The molecular weight excluding hydrogens is 200 g/mol. The molecule has 0 fully saturated rings. The topological polar surface area (TPSA) is 34.5 Å². The molecule has 0 aliphatic heterocycles. The van der Waals surface area contributed by atoms with E-state index >= 15 is 0 Å². The van der Waals surface area contributed by atoms with E-state index < -0.39 is 0 Å². The Balaban J connectivity index is 1.83. The molecule has 3 heteroatoms. The van der Waals surface area contributed by atoms with E-state index in [1.165, 1.54) is 0 Å². The number of aromatic nitrogens is 1. The number of nitrogens with zero attached hydrogens (tertiary/aromatic N) is 2. The molecule has 0 atom stereocenters. The molecule has 3 nitrogen and oxygen atoms in total. The van der Waals surface area contributed by atoms with Gasteiger partial charge >= 0.3 is 0 Å². The summed E-state index contributed by atoms with van der Waals surface area (Å²) in [6.45, 7) is 0.476. The first kappa shape index (κ1) is 10.4. The summed E-state index contributed by atoms with van der Waals surface area (Å²) in [6, 6.07) is 15.6. The first-order valence-electron chi connectivity index (χ1n) is 5.05. The normalized spacial score (nSPS) is 10.5. The van der Waals surface area contributed by atoms with E-state index in [0.717, 1.165) is 11.3 Å². The van der Waals surface area contributed by atoms with Crippen LogP contribution in [-0.4, -0.2) is 11.2 Å². The number of benzene rings is 1. The summed E-state index contributed by atoms with van der Waals surface area (Å²) in [4.78, 5) is 9.25. The van der Waals surface area contributed by atoms with Gasteiger partial charge in [-0.15, -0.1) is 0 Å². The van der Waals surface area contributed by atoms with Gasteiger partial charge in [-0.2, -0.15) is 0 Å². The molecule has 1 aromatic carbocycles. The fourth-order valence-electron chi connectivity index (χ4n) is 1.23. The molecule has 0 radical (unpaired) electrons. The third-order valence-electron chi connectivity index (χ3n) is 2.02. The van der Waals surface area contributed by atoms with Crippen molar-refractivity contribution in [1.82, 2.24) is 4.98 Å². The summed E-state index contributed by atoms with van der Waals surface area (Å²) in [6.07, 6.45) is 3.32. The predicted octanol–water partition coefficient (Wildman–Crippen LogP) is 2.63. The van der Waals surface area contributed by atoms with Crippen LogP contribution in [0.15, 0.2) is 59.9 Å². The van der Waals surface area contributed by atoms with Crippen molar-refractivity contribution < 1.29 is 4.84 Å². The van der Waals surface area contributed by atoms with Gasteiger partial charge in [0.1, 0.15) is 6.61 Å². The van der Waals surface area contributed by atoms with E-state index in [1.807, 2.05) is 48.5 Å². The first-order chi connectivity index (χ1) is 7.95. The molecule has 80 valence electrons. The Kier molecular flexibility index (Phi) is 3.66. The van der Waals surface area contributed by atoms with E-state index in [-0.39, 0.29) is 0 Å². The highest BCUT2D eigenvalue weighted by Crippen LogP contribution is 2.00. The minimum atomic E-state index is 0.476. The Labute approximate surface area is 94.4 Å². The number of oxime groups is 1. The lowest BCUT2D eigenvalue weighted by Gasteiger charge is -1.98. The number of hydrogen-bond acceptors (Lipinski definition) is 3. The Morgan fingerprint density at radius 3 is 2.62 bits per heavy atom. The number of hydrogen-bond donors (Lipinski definition) is 0. The van der Waals surface area contributed by atoms with Gasteiger partial charge in [0.15, 0.2) is 0 Å². The molecule has 1 heterocycles. The molecule has 0 aliphatic carbocycles. The van der Waals surface area contributed by atoms with Gasteiger partial charge in [0, 0.05) is 6.20 Å². The zero-order chi connectivity index (χ0) is 11.1. The predicted molar refractivity (Wildman–Crippen MR) is 63.1 cm³/mol. The van der Waals surface area contributed by atoms with Gasteiger partial charge in [-0.05, 0) is 17.7 Å². The minimum Gasteiger partial charge on any atom is -0.391 e. The second kappa shape index (κ2) is 5.66. The molecular formula is C13H12N2O. The quantitative estimate of drug-likeness (QED) is 0.576. The maximum absolute atomic E-state index is 5.15. The van der Waals surface area contributed by atoms with Crippen molar-refractivity contribution >= 4 is 6.21 Å². The zero-order valence-corrected chi connectivity index (χ0v) is 8.78. The van der Waals surface area contributed by atoms with Gasteiger partial charge in [-0.25, -0.2) is 0 Å². The van der Waals surface area contributed by atoms with E-state index in [0.29, 0.717) is 6.61 Å². The van der Waals surface area contributed by atoms with Crippen molar-refractivity contribution in [3.63, 3.8) is 0 Å². The van der Waals surface area contributed by atoms with Gasteiger partial charge in [0.2, 0.25) is 0 Å². The van der Waals surface area contributed by atoms with E-state index in [1.54, 1.807) is 12.4 Å². The zero-order valence-electron chi connectivity index (χ0n) is 8.78. The average Bonchev–Trinajstić information content (AvgIpc) is 2.37. The lowest BCUT2D eigenvalue weighted by atomic mass is 10.2. The second-order valence-electron chi connectivity index (χ2n) is 3.25. The van der Waals surface area contributed by atoms with Crippen molar-refractivity contribution in [3.05, 3.63) is 66.0 Å². The van der Waals surface area contributed by atoms with Crippen LogP contribution in [0.4, 0.5) is 0 Å². The Bertz CT molecular complexity index is 440. The average molecular weight is 212 g/mol. The molecule has 1 aromatic heterocycles. The molecule has 0 unspecified atom stereocenters. The van der Waals surface area contributed by atoms with Gasteiger partial charge in [-0.3, -0.25) is 4.98 Å². The van der Waals surface area contributed by atoms with Gasteiger partial charge in [0.25, 0.3) is 0 Å². The molecule has 2 rings (SSSR count). The summed E-state index contributed by atoms with van der Waals surface area (Å²) >= 11 is 0. The summed E-state index contributed by atoms with van der Waals surface area (Å²) in [5.74, 6) is 0. The fraction of sp³-hybridized carbons (Fsp3) is 0.0769. The Hall–Kier alpha value is -2.16. The minimum absolute atomic E-state index is 0.476. The number of rotatable bonds is 4. The molecule has 0 bridgehead atoms. The van der Waals surface area contributed by atoms with Crippen LogP contribution in [0.3, 0.4) is 0 Å². The van der Waals surface area contributed by atoms with E-state index in [2.05, 4.69) is 10.1 Å². The van der Waals surface area contributed by atoms with Crippen molar-refractivity contribution in [1.29, 1.82) is 0 Å². The SMILES string of the molecule is C(=N/OCc1ccccc1)/c1ccccn1. The van der Waals surface area contributed by atoms with Gasteiger partial charge in [0.05, 0.1) is 11.9 Å². The van der Waals surface area contributed by atoms with Crippen LogP contribution in [0.2, 0.25) is 0 Å². The molecule has 0 saturated carbocycles. The molecule has 0 N–H and O–H groups in total. The molecule has 0 saturated heterocycles. The lowest BCUT2D eigenvalue weighted by molar-refractivity contribution is 0.132. The van der Waals surface area contributed by atoms with Crippen LogP contribution < -0.4 is 0 Å². The van der Waals surface area contributed by atoms with Crippen molar-refractivity contribution in [2.75, 3.05) is 0 Å². The van der Waals surface area contributed by atoms with Gasteiger partial charge in [-0.1, -0.05) is 41.6 Å². The van der Waals surface area contributed by atoms with Crippen LogP contribution in [0.25, 0.3) is 0 Å². The largest absolute Gasteiger partial charge is 0.391 e. The molecule has 0 spiro atoms. The van der Waals surface area contributed by atoms with Crippen molar-refractivity contribution in [3.8, 4) is 0 Å². The van der Waals surface area contributed by atoms with E-state index in [4.69, 9.17) is 4.84 Å². The molecule has 0 amide bonds. The molecule has 0 aliphatic rings. The Morgan fingerprint density at radius 1 is 1.06 bits per heavy atom. The summed E-state index contributed by atoms with van der Waals surface area (Å²) in [5, 5.41) is 3.85. The van der Waals surface area contributed by atoms with Crippen LogP contribution in [0.1, 0.15) is 11.3 Å². The third-order valence-corrected chi connectivity index (χ3v) is 2.02. The summed E-state index contributed by atoms with van der Waals surface area (Å²) in [7, 11) is 0. The number of pyridine rings is 1. The Morgan fingerprint density at radius 2 is 1.88 bits per heavy atom.